The maximum Gasteiger partial charge on any atom is 0.238 e. The van der Waals surface area contributed by atoms with Crippen LogP contribution in [0.1, 0.15) is 33.6 Å². The Morgan fingerprint density at radius 1 is 1.22 bits per heavy atom. The molecule has 3 N–H and O–H groups in total. The zero-order valence-electron chi connectivity index (χ0n) is 11.2. The number of nitrogens with two attached hydrogens (primary N) is 1. The molecular formula is C13H22N2O2S. The predicted molar refractivity (Wildman–Crippen MR) is 75.0 cm³/mol. The average Bonchev–Trinajstić information content (AvgIpc) is 2.25. The molecule has 5 heteroatoms. The first-order valence-electron chi connectivity index (χ1n) is 6.18. The van der Waals surface area contributed by atoms with Gasteiger partial charge in [0.2, 0.25) is 10.0 Å². The molecule has 18 heavy (non-hydrogen) atoms. The summed E-state index contributed by atoms with van der Waals surface area (Å²) in [5, 5.41) is 8.39. The van der Waals surface area contributed by atoms with Crippen LogP contribution in [-0.2, 0) is 10.0 Å². The molecule has 0 spiro atoms. The molecule has 102 valence electrons. The number of nitrogens with one attached hydrogen (secondary N) is 1. The van der Waals surface area contributed by atoms with Crippen LogP contribution in [0.2, 0.25) is 0 Å². The van der Waals surface area contributed by atoms with Crippen molar-refractivity contribution in [1.29, 1.82) is 0 Å². The lowest BCUT2D eigenvalue weighted by molar-refractivity contribution is 0.527. The highest BCUT2D eigenvalue weighted by molar-refractivity contribution is 7.89. The van der Waals surface area contributed by atoms with Gasteiger partial charge in [-0.15, -0.1) is 0 Å². The van der Waals surface area contributed by atoms with E-state index in [-0.39, 0.29) is 4.90 Å². The maximum atomic E-state index is 11.2. The smallest absolute Gasteiger partial charge is 0.238 e. The van der Waals surface area contributed by atoms with Gasteiger partial charge in [-0.1, -0.05) is 19.9 Å². The summed E-state index contributed by atoms with van der Waals surface area (Å²) in [5.41, 5.74) is 0.790. The van der Waals surface area contributed by atoms with Crippen molar-refractivity contribution in [3.8, 4) is 0 Å². The van der Waals surface area contributed by atoms with Gasteiger partial charge in [-0.3, -0.25) is 0 Å². The van der Waals surface area contributed by atoms with Crippen molar-refractivity contribution in [2.45, 2.75) is 44.6 Å². The third-order valence-electron chi connectivity index (χ3n) is 2.75. The standard InChI is InChI=1S/C13H22N2O2S/c1-10(2)7-8-11(3)15-12-5-4-6-13(9-12)18(14,16)17/h4-6,9-11,15H,7-8H2,1-3H3,(H2,14,16,17). The van der Waals surface area contributed by atoms with Crippen molar-refractivity contribution in [3.63, 3.8) is 0 Å². The number of primary sulfonamides is 1. The molecule has 4 nitrogen and oxygen atoms in total. The van der Waals surface area contributed by atoms with E-state index < -0.39 is 10.0 Å². The number of hydrogen-bond donors (Lipinski definition) is 2. The molecule has 0 aliphatic carbocycles. The van der Waals surface area contributed by atoms with E-state index in [1.807, 2.05) is 6.07 Å². The normalized spacial score (nSPS) is 13.6. The van der Waals surface area contributed by atoms with Gasteiger partial charge < -0.3 is 5.32 Å². The largest absolute Gasteiger partial charge is 0.383 e. The molecule has 0 bridgehead atoms. The first kappa shape index (κ1) is 15.0. The van der Waals surface area contributed by atoms with Crippen molar-refractivity contribution < 1.29 is 8.42 Å². The van der Waals surface area contributed by atoms with E-state index in [0.717, 1.165) is 18.5 Å². The average molecular weight is 270 g/mol. The van der Waals surface area contributed by atoms with Gasteiger partial charge in [0.15, 0.2) is 0 Å². The van der Waals surface area contributed by atoms with Gasteiger partial charge >= 0.3 is 0 Å². The van der Waals surface area contributed by atoms with Crippen molar-refractivity contribution in [3.05, 3.63) is 24.3 Å². The maximum absolute atomic E-state index is 11.2. The van der Waals surface area contributed by atoms with Crippen LogP contribution >= 0.6 is 0 Å². The molecule has 0 aliphatic heterocycles. The zero-order valence-corrected chi connectivity index (χ0v) is 12.0. The van der Waals surface area contributed by atoms with Crippen LogP contribution in [0.3, 0.4) is 0 Å². The second kappa shape index (κ2) is 6.20. The number of sulfonamides is 1. The number of rotatable bonds is 6. The monoisotopic (exact) mass is 270 g/mol. The lowest BCUT2D eigenvalue weighted by Gasteiger charge is -2.16. The van der Waals surface area contributed by atoms with Crippen LogP contribution in [0.25, 0.3) is 0 Å². The number of anilines is 1. The first-order valence-corrected chi connectivity index (χ1v) is 7.73. The zero-order chi connectivity index (χ0) is 13.8. The van der Waals surface area contributed by atoms with E-state index in [2.05, 4.69) is 26.1 Å². The second-order valence-electron chi connectivity index (χ2n) is 5.09. The predicted octanol–water partition coefficient (Wildman–Crippen LogP) is 2.57. The van der Waals surface area contributed by atoms with Gasteiger partial charge in [0, 0.05) is 11.7 Å². The van der Waals surface area contributed by atoms with Crippen molar-refractivity contribution >= 4 is 15.7 Å². The van der Waals surface area contributed by atoms with Gasteiger partial charge in [-0.25, -0.2) is 13.6 Å². The van der Waals surface area contributed by atoms with E-state index in [1.54, 1.807) is 12.1 Å². The molecule has 0 fully saturated rings. The van der Waals surface area contributed by atoms with E-state index in [1.165, 1.54) is 6.07 Å². The van der Waals surface area contributed by atoms with Crippen LogP contribution in [0.4, 0.5) is 5.69 Å². The van der Waals surface area contributed by atoms with Crippen LogP contribution in [0.5, 0.6) is 0 Å². The third kappa shape index (κ3) is 5.06. The molecule has 1 unspecified atom stereocenters. The summed E-state index contributed by atoms with van der Waals surface area (Å²) >= 11 is 0. The Kier molecular flexibility index (Phi) is 5.16. The molecule has 1 atom stereocenters. The van der Waals surface area contributed by atoms with Gasteiger partial charge in [0.1, 0.15) is 0 Å². The van der Waals surface area contributed by atoms with E-state index in [4.69, 9.17) is 5.14 Å². The molecule has 0 aromatic heterocycles. The summed E-state index contributed by atoms with van der Waals surface area (Å²) in [7, 11) is -3.63. The highest BCUT2D eigenvalue weighted by Crippen LogP contribution is 2.17. The topological polar surface area (TPSA) is 72.2 Å². The molecule has 0 heterocycles. The Balaban J connectivity index is 2.68. The second-order valence-corrected chi connectivity index (χ2v) is 6.65. The summed E-state index contributed by atoms with van der Waals surface area (Å²) in [6, 6.07) is 6.92. The van der Waals surface area contributed by atoms with Crippen LogP contribution in [-0.4, -0.2) is 14.5 Å². The molecule has 0 radical (unpaired) electrons. The van der Waals surface area contributed by atoms with Gasteiger partial charge in [0.25, 0.3) is 0 Å². The van der Waals surface area contributed by atoms with Gasteiger partial charge in [-0.05, 0) is 43.9 Å². The third-order valence-corrected chi connectivity index (χ3v) is 3.66. The minimum atomic E-state index is -3.63. The van der Waals surface area contributed by atoms with Gasteiger partial charge in [-0.2, -0.15) is 0 Å². The Morgan fingerprint density at radius 2 is 1.89 bits per heavy atom. The Morgan fingerprint density at radius 3 is 2.44 bits per heavy atom. The Labute approximate surface area is 110 Å². The number of hydrogen-bond acceptors (Lipinski definition) is 3. The van der Waals surface area contributed by atoms with Gasteiger partial charge in [0.05, 0.1) is 4.90 Å². The molecule has 0 saturated heterocycles. The lowest BCUT2D eigenvalue weighted by Crippen LogP contribution is -2.17. The Bertz CT molecular complexity index is 484. The highest BCUT2D eigenvalue weighted by atomic mass is 32.2. The first-order chi connectivity index (χ1) is 8.29. The quantitative estimate of drug-likeness (QED) is 0.834. The molecular weight excluding hydrogens is 248 g/mol. The molecule has 0 aliphatic rings. The highest BCUT2D eigenvalue weighted by Gasteiger charge is 2.09. The summed E-state index contributed by atoms with van der Waals surface area (Å²) in [6.07, 6.45) is 2.19. The SMILES string of the molecule is CC(C)CCC(C)Nc1cccc(S(N)(=O)=O)c1. The van der Waals surface area contributed by atoms with Crippen LogP contribution < -0.4 is 10.5 Å². The van der Waals surface area contributed by atoms with Crippen LogP contribution in [0.15, 0.2) is 29.2 Å². The molecule has 1 aromatic carbocycles. The van der Waals surface area contributed by atoms with Crippen molar-refractivity contribution in [2.24, 2.45) is 11.1 Å². The summed E-state index contributed by atoms with van der Waals surface area (Å²) < 4.78 is 22.5. The molecule has 0 amide bonds. The minimum Gasteiger partial charge on any atom is -0.383 e. The van der Waals surface area contributed by atoms with Crippen LogP contribution in [0, 0.1) is 5.92 Å². The molecule has 1 rings (SSSR count). The fraction of sp³-hybridized carbons (Fsp3) is 0.538. The van der Waals surface area contributed by atoms with Crippen molar-refractivity contribution in [2.75, 3.05) is 5.32 Å². The van der Waals surface area contributed by atoms with E-state index in [9.17, 15) is 8.42 Å². The summed E-state index contributed by atoms with van der Waals surface area (Å²) in [5.74, 6) is 0.671. The molecule has 1 aromatic rings. The number of benzene rings is 1. The van der Waals surface area contributed by atoms with E-state index >= 15 is 0 Å². The lowest BCUT2D eigenvalue weighted by atomic mass is 10.0. The Hall–Kier alpha value is -1.07. The molecule has 0 saturated carbocycles. The fourth-order valence-corrected chi connectivity index (χ4v) is 2.26. The fourth-order valence-electron chi connectivity index (χ4n) is 1.70. The van der Waals surface area contributed by atoms with E-state index in [0.29, 0.717) is 12.0 Å². The van der Waals surface area contributed by atoms with Crippen molar-refractivity contribution in [1.82, 2.24) is 0 Å². The summed E-state index contributed by atoms with van der Waals surface area (Å²) in [6.45, 7) is 6.47. The minimum absolute atomic E-state index is 0.142. The summed E-state index contributed by atoms with van der Waals surface area (Å²) in [4.78, 5) is 0.142.